The molecule has 1 aromatic rings. The molecule has 0 spiro atoms. The van der Waals surface area contributed by atoms with E-state index in [0.29, 0.717) is 38.3 Å². The molecule has 5 nitrogen and oxygen atoms in total. The smallest absolute Gasteiger partial charge is 0.255 e. The molecule has 0 aromatic heterocycles. The standard InChI is InChI=1S/C14H19BrN2O3S/c1-21(19,20)11-10-16-6-8-17(9-7-16)14(18)12-4-2-3-5-13(12)15/h2-5H,6-11H2,1H3. The molecule has 0 N–H and O–H groups in total. The molecule has 0 saturated carbocycles. The summed E-state index contributed by atoms with van der Waals surface area (Å²) in [5, 5.41) is 0. The van der Waals surface area contributed by atoms with Gasteiger partial charge in [-0.25, -0.2) is 8.42 Å². The molecule has 1 aliphatic heterocycles. The van der Waals surface area contributed by atoms with Gasteiger partial charge in [-0.2, -0.15) is 0 Å². The molecule has 1 fully saturated rings. The predicted molar refractivity (Wildman–Crippen MR) is 86.2 cm³/mol. The number of piperazine rings is 1. The highest BCUT2D eigenvalue weighted by Crippen LogP contribution is 2.18. The fraction of sp³-hybridized carbons (Fsp3) is 0.500. The van der Waals surface area contributed by atoms with Gasteiger partial charge in [-0.05, 0) is 28.1 Å². The van der Waals surface area contributed by atoms with Gasteiger partial charge in [0.2, 0.25) is 0 Å². The second-order valence-corrected chi connectivity index (χ2v) is 8.36. The fourth-order valence-corrected chi connectivity index (χ4v) is 3.32. The SMILES string of the molecule is CS(=O)(=O)CCN1CCN(C(=O)c2ccccc2Br)CC1. The molecule has 0 radical (unpaired) electrons. The Morgan fingerprint density at radius 2 is 1.81 bits per heavy atom. The minimum atomic E-state index is -2.93. The van der Waals surface area contributed by atoms with Crippen LogP contribution in [-0.4, -0.2) is 68.9 Å². The molecule has 1 saturated heterocycles. The molecule has 0 atom stereocenters. The van der Waals surface area contributed by atoms with Crippen molar-refractivity contribution < 1.29 is 13.2 Å². The number of hydrogen-bond acceptors (Lipinski definition) is 4. The van der Waals surface area contributed by atoms with Crippen LogP contribution in [-0.2, 0) is 9.84 Å². The van der Waals surface area contributed by atoms with E-state index in [1.54, 1.807) is 0 Å². The van der Waals surface area contributed by atoms with Gasteiger partial charge in [0, 0.05) is 43.5 Å². The molecule has 1 aromatic carbocycles. The quantitative estimate of drug-likeness (QED) is 0.795. The number of sulfone groups is 1. The van der Waals surface area contributed by atoms with E-state index in [9.17, 15) is 13.2 Å². The third kappa shape index (κ3) is 4.79. The van der Waals surface area contributed by atoms with Crippen molar-refractivity contribution >= 4 is 31.7 Å². The van der Waals surface area contributed by atoms with Crippen molar-refractivity contribution in [2.45, 2.75) is 0 Å². The number of amides is 1. The lowest BCUT2D eigenvalue weighted by molar-refractivity contribution is 0.0643. The molecule has 2 rings (SSSR count). The largest absolute Gasteiger partial charge is 0.336 e. The minimum absolute atomic E-state index is 0.0187. The maximum Gasteiger partial charge on any atom is 0.255 e. The number of hydrogen-bond donors (Lipinski definition) is 0. The van der Waals surface area contributed by atoms with E-state index < -0.39 is 9.84 Å². The van der Waals surface area contributed by atoms with Crippen molar-refractivity contribution in [3.05, 3.63) is 34.3 Å². The lowest BCUT2D eigenvalue weighted by atomic mass is 10.2. The van der Waals surface area contributed by atoms with Crippen molar-refractivity contribution in [3.8, 4) is 0 Å². The number of nitrogens with zero attached hydrogens (tertiary/aromatic N) is 2. The van der Waals surface area contributed by atoms with Gasteiger partial charge in [-0.15, -0.1) is 0 Å². The summed E-state index contributed by atoms with van der Waals surface area (Å²) in [7, 11) is -2.93. The van der Waals surface area contributed by atoms with Crippen molar-refractivity contribution in [1.82, 2.24) is 9.80 Å². The Morgan fingerprint density at radius 3 is 2.38 bits per heavy atom. The Balaban J connectivity index is 1.89. The normalized spacial score (nSPS) is 17.0. The lowest BCUT2D eigenvalue weighted by Gasteiger charge is -2.34. The van der Waals surface area contributed by atoms with Gasteiger partial charge in [0.1, 0.15) is 9.84 Å². The highest BCUT2D eigenvalue weighted by molar-refractivity contribution is 9.10. The first kappa shape index (κ1) is 16.5. The zero-order valence-corrected chi connectivity index (χ0v) is 14.4. The summed E-state index contributed by atoms with van der Waals surface area (Å²) in [6.07, 6.45) is 1.25. The predicted octanol–water partition coefficient (Wildman–Crippen LogP) is 1.25. The molecule has 1 amide bonds. The summed E-state index contributed by atoms with van der Waals surface area (Å²) in [4.78, 5) is 16.3. The molecule has 1 aliphatic rings. The van der Waals surface area contributed by atoms with Gasteiger partial charge in [0.05, 0.1) is 11.3 Å². The third-order valence-electron chi connectivity index (χ3n) is 3.54. The van der Waals surface area contributed by atoms with Crippen LogP contribution < -0.4 is 0 Å². The Hall–Kier alpha value is -0.920. The number of carbonyl (C=O) groups is 1. The number of benzene rings is 1. The average molecular weight is 375 g/mol. The Bertz CT molecular complexity index is 610. The van der Waals surface area contributed by atoms with Crippen molar-refractivity contribution in [2.24, 2.45) is 0 Å². The van der Waals surface area contributed by atoms with Gasteiger partial charge in [0.25, 0.3) is 5.91 Å². The van der Waals surface area contributed by atoms with Gasteiger partial charge in [0.15, 0.2) is 0 Å². The number of halogens is 1. The van der Waals surface area contributed by atoms with Crippen LogP contribution in [0.3, 0.4) is 0 Å². The molecular formula is C14H19BrN2O3S. The summed E-state index contributed by atoms with van der Waals surface area (Å²) >= 11 is 3.40. The van der Waals surface area contributed by atoms with E-state index in [0.717, 1.165) is 4.47 Å². The average Bonchev–Trinajstić information content (AvgIpc) is 2.45. The number of carbonyl (C=O) groups excluding carboxylic acids is 1. The monoisotopic (exact) mass is 374 g/mol. The molecule has 1 heterocycles. The van der Waals surface area contributed by atoms with Crippen molar-refractivity contribution in [2.75, 3.05) is 44.7 Å². The van der Waals surface area contributed by atoms with Crippen LogP contribution in [0, 0.1) is 0 Å². The molecule has 21 heavy (non-hydrogen) atoms. The fourth-order valence-electron chi connectivity index (χ4n) is 2.27. The van der Waals surface area contributed by atoms with E-state index in [1.165, 1.54) is 6.26 Å². The first-order chi connectivity index (χ1) is 9.87. The molecular weight excluding hydrogens is 356 g/mol. The molecule has 0 bridgehead atoms. The maximum atomic E-state index is 12.4. The summed E-state index contributed by atoms with van der Waals surface area (Å²) in [5.74, 6) is 0.191. The van der Waals surface area contributed by atoms with E-state index in [2.05, 4.69) is 20.8 Å². The van der Waals surface area contributed by atoms with E-state index in [4.69, 9.17) is 0 Å². The van der Waals surface area contributed by atoms with Crippen LogP contribution in [0.15, 0.2) is 28.7 Å². The summed E-state index contributed by atoms with van der Waals surface area (Å²) in [6.45, 7) is 3.22. The topological polar surface area (TPSA) is 57.7 Å². The van der Waals surface area contributed by atoms with Crippen LogP contribution in [0.4, 0.5) is 0 Å². The van der Waals surface area contributed by atoms with Gasteiger partial charge in [-0.3, -0.25) is 9.69 Å². The molecule has 7 heteroatoms. The maximum absolute atomic E-state index is 12.4. The molecule has 0 aliphatic carbocycles. The van der Waals surface area contributed by atoms with Gasteiger partial charge in [-0.1, -0.05) is 12.1 Å². The highest BCUT2D eigenvalue weighted by Gasteiger charge is 2.23. The molecule has 116 valence electrons. The minimum Gasteiger partial charge on any atom is -0.336 e. The Morgan fingerprint density at radius 1 is 1.19 bits per heavy atom. The van der Waals surface area contributed by atoms with Gasteiger partial charge >= 0.3 is 0 Å². The zero-order chi connectivity index (χ0) is 15.5. The second-order valence-electron chi connectivity index (χ2n) is 5.24. The summed E-state index contributed by atoms with van der Waals surface area (Å²) in [5.41, 5.74) is 0.669. The summed E-state index contributed by atoms with van der Waals surface area (Å²) in [6, 6.07) is 7.39. The Labute approximate surface area is 134 Å². The van der Waals surface area contributed by atoms with Crippen LogP contribution in [0.2, 0.25) is 0 Å². The second kappa shape index (κ2) is 6.89. The first-order valence-corrected chi connectivity index (χ1v) is 9.66. The first-order valence-electron chi connectivity index (χ1n) is 6.81. The number of rotatable bonds is 4. The summed E-state index contributed by atoms with van der Waals surface area (Å²) < 4.78 is 23.1. The van der Waals surface area contributed by atoms with Crippen LogP contribution in [0.5, 0.6) is 0 Å². The zero-order valence-electron chi connectivity index (χ0n) is 12.0. The van der Waals surface area contributed by atoms with Crippen LogP contribution in [0.25, 0.3) is 0 Å². The van der Waals surface area contributed by atoms with Crippen molar-refractivity contribution in [3.63, 3.8) is 0 Å². The van der Waals surface area contributed by atoms with E-state index >= 15 is 0 Å². The third-order valence-corrected chi connectivity index (χ3v) is 5.16. The van der Waals surface area contributed by atoms with Crippen LogP contribution in [0.1, 0.15) is 10.4 Å². The van der Waals surface area contributed by atoms with Crippen molar-refractivity contribution in [1.29, 1.82) is 0 Å². The Kier molecular flexibility index (Phi) is 5.40. The van der Waals surface area contributed by atoms with Crippen LogP contribution >= 0.6 is 15.9 Å². The molecule has 0 unspecified atom stereocenters. The van der Waals surface area contributed by atoms with Gasteiger partial charge < -0.3 is 4.90 Å². The van der Waals surface area contributed by atoms with E-state index in [1.807, 2.05) is 29.2 Å². The lowest BCUT2D eigenvalue weighted by Crippen LogP contribution is -2.49. The highest BCUT2D eigenvalue weighted by atomic mass is 79.9. The van der Waals surface area contributed by atoms with E-state index in [-0.39, 0.29) is 11.7 Å².